The van der Waals surface area contributed by atoms with Crippen LogP contribution in [0.1, 0.15) is 19.8 Å². The second-order valence-electron chi connectivity index (χ2n) is 6.70. The van der Waals surface area contributed by atoms with Crippen molar-refractivity contribution >= 4 is 35.8 Å². The van der Waals surface area contributed by atoms with Crippen LogP contribution in [-0.2, 0) is 4.79 Å². The Bertz CT molecular complexity index is 621. The first kappa shape index (κ1) is 24.4. The smallest absolute Gasteiger partial charge is 0.233 e. The quantitative estimate of drug-likeness (QED) is 0.297. The molecule has 0 aromatic heterocycles. The van der Waals surface area contributed by atoms with Gasteiger partial charge in [-0.2, -0.15) is 0 Å². The van der Waals surface area contributed by atoms with Gasteiger partial charge in [-0.25, -0.2) is 4.39 Å². The lowest BCUT2D eigenvalue weighted by Crippen LogP contribution is -2.51. The summed E-state index contributed by atoms with van der Waals surface area (Å²) in [6.45, 7) is 4.74. The lowest BCUT2D eigenvalue weighted by molar-refractivity contribution is -0.122. The average molecular weight is 507 g/mol. The van der Waals surface area contributed by atoms with Gasteiger partial charge >= 0.3 is 0 Å². The Balaban J connectivity index is 0.00000392. The van der Waals surface area contributed by atoms with Gasteiger partial charge in [0.15, 0.2) is 5.96 Å². The van der Waals surface area contributed by atoms with E-state index in [1.165, 1.54) is 12.1 Å². The lowest BCUT2D eigenvalue weighted by atomic mass is 10.1. The molecule has 1 aromatic carbocycles. The fraction of sp³-hybridized carbons (Fsp3) is 0.579. The molecule has 9 heteroatoms. The van der Waals surface area contributed by atoms with Crippen molar-refractivity contribution < 1.29 is 13.9 Å². The molecule has 0 spiro atoms. The van der Waals surface area contributed by atoms with E-state index in [1.54, 1.807) is 26.2 Å². The number of guanidine groups is 1. The topological polar surface area (TPSA) is 78.0 Å². The summed E-state index contributed by atoms with van der Waals surface area (Å²) < 4.78 is 18.7. The molecule has 1 amide bonds. The number of benzene rings is 1. The standard InChI is InChI=1S/C19H30FN5O2.HI/c1-14(27-17-6-4-15(20)5-7-17)12-23-19(22-3)24-16-8-10-25(11-9-16)13-18(26)21-2;/h4-7,14,16H,8-13H2,1-3H3,(H,21,26)(H2,22,23,24);1H. The van der Waals surface area contributed by atoms with Gasteiger partial charge in [0.05, 0.1) is 13.1 Å². The third-order valence-electron chi connectivity index (χ3n) is 4.51. The number of hydrogen-bond donors (Lipinski definition) is 3. The number of nitrogens with zero attached hydrogens (tertiary/aromatic N) is 2. The second-order valence-corrected chi connectivity index (χ2v) is 6.70. The molecule has 1 aromatic rings. The van der Waals surface area contributed by atoms with Gasteiger partial charge in [0, 0.05) is 33.2 Å². The monoisotopic (exact) mass is 507 g/mol. The fourth-order valence-electron chi connectivity index (χ4n) is 2.93. The summed E-state index contributed by atoms with van der Waals surface area (Å²) in [6, 6.07) is 6.32. The molecule has 1 aliphatic heterocycles. The highest BCUT2D eigenvalue weighted by atomic mass is 127. The van der Waals surface area contributed by atoms with E-state index in [0.29, 0.717) is 24.9 Å². The zero-order valence-corrected chi connectivity index (χ0v) is 19.0. The van der Waals surface area contributed by atoms with E-state index in [9.17, 15) is 9.18 Å². The van der Waals surface area contributed by atoms with Crippen LogP contribution in [0.25, 0.3) is 0 Å². The van der Waals surface area contributed by atoms with Gasteiger partial charge in [-0.05, 0) is 44.0 Å². The Kier molecular flexibility index (Phi) is 11.1. The summed E-state index contributed by atoms with van der Waals surface area (Å²) in [5.41, 5.74) is 0. The molecule has 1 saturated heterocycles. The zero-order chi connectivity index (χ0) is 19.6. The maximum Gasteiger partial charge on any atom is 0.233 e. The van der Waals surface area contributed by atoms with Crippen LogP contribution in [0.3, 0.4) is 0 Å². The van der Waals surface area contributed by atoms with Crippen molar-refractivity contribution in [2.45, 2.75) is 31.9 Å². The van der Waals surface area contributed by atoms with Gasteiger partial charge in [-0.1, -0.05) is 0 Å². The van der Waals surface area contributed by atoms with Crippen LogP contribution in [0, 0.1) is 5.82 Å². The van der Waals surface area contributed by atoms with E-state index in [0.717, 1.165) is 31.9 Å². The van der Waals surface area contributed by atoms with Gasteiger partial charge in [-0.3, -0.25) is 14.7 Å². The largest absolute Gasteiger partial charge is 0.489 e. The molecular formula is C19H31FIN5O2. The number of rotatable bonds is 7. The van der Waals surface area contributed by atoms with E-state index < -0.39 is 0 Å². The van der Waals surface area contributed by atoms with Crippen molar-refractivity contribution in [3.8, 4) is 5.75 Å². The van der Waals surface area contributed by atoms with Crippen LogP contribution in [-0.4, -0.2) is 69.2 Å². The number of aliphatic imine (C=N–C) groups is 1. The van der Waals surface area contributed by atoms with Crippen LogP contribution >= 0.6 is 24.0 Å². The van der Waals surface area contributed by atoms with E-state index in [-0.39, 0.29) is 41.8 Å². The molecule has 1 atom stereocenters. The molecule has 7 nitrogen and oxygen atoms in total. The molecule has 28 heavy (non-hydrogen) atoms. The van der Waals surface area contributed by atoms with Crippen molar-refractivity contribution in [1.82, 2.24) is 20.9 Å². The highest BCUT2D eigenvalue weighted by Gasteiger charge is 2.21. The van der Waals surface area contributed by atoms with Crippen LogP contribution in [0.2, 0.25) is 0 Å². The summed E-state index contributed by atoms with van der Waals surface area (Å²) in [7, 11) is 3.40. The number of likely N-dealkylation sites (N-methyl/N-ethyl adjacent to an activating group) is 1. The van der Waals surface area contributed by atoms with Gasteiger partial charge in [0.1, 0.15) is 17.7 Å². The Morgan fingerprint density at radius 1 is 1.32 bits per heavy atom. The first-order valence-electron chi connectivity index (χ1n) is 9.32. The number of amides is 1. The highest BCUT2D eigenvalue weighted by Crippen LogP contribution is 2.13. The van der Waals surface area contributed by atoms with E-state index in [1.807, 2.05) is 6.92 Å². The Hall–Kier alpha value is -1.62. The molecule has 2 rings (SSSR count). The first-order valence-corrected chi connectivity index (χ1v) is 9.32. The Morgan fingerprint density at radius 2 is 1.96 bits per heavy atom. The predicted molar refractivity (Wildman–Crippen MR) is 120 cm³/mol. The Labute approximate surface area is 183 Å². The summed E-state index contributed by atoms with van der Waals surface area (Å²) >= 11 is 0. The normalized spacial score (nSPS) is 16.6. The number of hydrogen-bond acceptors (Lipinski definition) is 4. The van der Waals surface area contributed by atoms with Crippen molar-refractivity contribution in [3.05, 3.63) is 30.1 Å². The predicted octanol–water partition coefficient (Wildman–Crippen LogP) is 1.59. The maximum absolute atomic E-state index is 12.9. The third kappa shape index (κ3) is 8.59. The van der Waals surface area contributed by atoms with Crippen LogP contribution in [0.15, 0.2) is 29.3 Å². The van der Waals surface area contributed by atoms with Crippen molar-refractivity contribution in [1.29, 1.82) is 0 Å². The van der Waals surface area contributed by atoms with Gasteiger partial charge < -0.3 is 20.7 Å². The number of piperidine rings is 1. The van der Waals surface area contributed by atoms with Crippen molar-refractivity contribution in [2.24, 2.45) is 4.99 Å². The number of ether oxygens (including phenoxy) is 1. The van der Waals surface area contributed by atoms with Crippen LogP contribution in [0.5, 0.6) is 5.75 Å². The fourth-order valence-corrected chi connectivity index (χ4v) is 2.93. The molecule has 0 saturated carbocycles. The number of carbonyl (C=O) groups is 1. The molecular weight excluding hydrogens is 476 g/mol. The van der Waals surface area contributed by atoms with Gasteiger partial charge in [0.2, 0.25) is 5.91 Å². The number of carbonyl (C=O) groups excluding carboxylic acids is 1. The minimum absolute atomic E-state index is 0. The van der Waals surface area contributed by atoms with Crippen molar-refractivity contribution in [2.75, 3.05) is 40.3 Å². The minimum Gasteiger partial charge on any atom is -0.489 e. The average Bonchev–Trinajstić information content (AvgIpc) is 2.68. The summed E-state index contributed by atoms with van der Waals surface area (Å²) in [4.78, 5) is 17.9. The summed E-state index contributed by atoms with van der Waals surface area (Å²) in [5.74, 6) is 1.14. The zero-order valence-electron chi connectivity index (χ0n) is 16.7. The van der Waals surface area contributed by atoms with E-state index in [4.69, 9.17) is 4.74 Å². The van der Waals surface area contributed by atoms with E-state index >= 15 is 0 Å². The third-order valence-corrected chi connectivity index (χ3v) is 4.51. The first-order chi connectivity index (χ1) is 13.0. The summed E-state index contributed by atoms with van der Waals surface area (Å²) in [5, 5.41) is 9.35. The molecule has 1 heterocycles. The van der Waals surface area contributed by atoms with E-state index in [2.05, 4.69) is 25.8 Å². The molecule has 1 fully saturated rings. The Morgan fingerprint density at radius 3 is 2.54 bits per heavy atom. The molecule has 0 aliphatic carbocycles. The molecule has 158 valence electrons. The van der Waals surface area contributed by atoms with Crippen LogP contribution in [0.4, 0.5) is 4.39 Å². The van der Waals surface area contributed by atoms with Gasteiger partial charge in [0.25, 0.3) is 0 Å². The molecule has 0 bridgehead atoms. The molecule has 1 aliphatic rings. The lowest BCUT2D eigenvalue weighted by Gasteiger charge is -2.32. The highest BCUT2D eigenvalue weighted by molar-refractivity contribution is 14.0. The number of likely N-dealkylation sites (tertiary alicyclic amines) is 1. The van der Waals surface area contributed by atoms with Crippen molar-refractivity contribution in [3.63, 3.8) is 0 Å². The molecule has 1 unspecified atom stereocenters. The summed E-state index contributed by atoms with van der Waals surface area (Å²) in [6.07, 6.45) is 1.82. The van der Waals surface area contributed by atoms with Crippen LogP contribution < -0.4 is 20.7 Å². The minimum atomic E-state index is -0.279. The molecule has 0 radical (unpaired) electrons. The molecule has 3 N–H and O–H groups in total. The second kappa shape index (κ2) is 12.8. The number of nitrogens with one attached hydrogen (secondary N) is 3. The number of halogens is 2. The SMILES string of the molecule is CN=C(NCC(C)Oc1ccc(F)cc1)NC1CCN(CC(=O)NC)CC1.I. The van der Waals surface area contributed by atoms with Gasteiger partial charge in [-0.15, -0.1) is 24.0 Å². The maximum atomic E-state index is 12.9.